The molecule has 5 heteroatoms. The van der Waals surface area contributed by atoms with E-state index in [4.69, 9.17) is 4.74 Å². The fourth-order valence-corrected chi connectivity index (χ4v) is 2.66. The van der Waals surface area contributed by atoms with Gasteiger partial charge in [0.15, 0.2) is 0 Å². The fourth-order valence-electron chi connectivity index (χ4n) is 2.66. The van der Waals surface area contributed by atoms with Crippen LogP contribution < -0.4 is 0 Å². The van der Waals surface area contributed by atoms with E-state index in [9.17, 15) is 18.3 Å². The zero-order chi connectivity index (χ0) is 14.1. The molecule has 0 amide bonds. The lowest BCUT2D eigenvalue weighted by Crippen LogP contribution is -2.35. The highest BCUT2D eigenvalue weighted by atomic mass is 19.4. The van der Waals surface area contributed by atoms with Crippen LogP contribution in [0, 0.1) is 0 Å². The van der Waals surface area contributed by atoms with Gasteiger partial charge in [-0.25, -0.2) is 0 Å². The molecule has 0 unspecified atom stereocenters. The van der Waals surface area contributed by atoms with Gasteiger partial charge < -0.3 is 9.84 Å². The van der Waals surface area contributed by atoms with Crippen LogP contribution in [0.4, 0.5) is 13.2 Å². The van der Waals surface area contributed by atoms with Gasteiger partial charge in [-0.15, -0.1) is 0 Å². The van der Waals surface area contributed by atoms with Gasteiger partial charge in [0.1, 0.15) is 0 Å². The molecule has 1 aromatic rings. The molecule has 0 aliphatic heterocycles. The topological polar surface area (TPSA) is 29.5 Å². The van der Waals surface area contributed by atoms with Crippen molar-refractivity contribution in [2.75, 3.05) is 7.11 Å². The Morgan fingerprint density at radius 3 is 2.42 bits per heavy atom. The lowest BCUT2D eigenvalue weighted by Gasteiger charge is -2.38. The third kappa shape index (κ3) is 2.92. The molecule has 1 aliphatic carbocycles. The molecule has 0 atom stereocenters. The minimum Gasteiger partial charge on any atom is -0.393 e. The molecule has 0 spiro atoms. The molecule has 0 bridgehead atoms. The molecule has 0 aromatic heterocycles. The van der Waals surface area contributed by atoms with Gasteiger partial charge in [-0.05, 0) is 43.4 Å². The first-order valence-corrected chi connectivity index (χ1v) is 6.28. The van der Waals surface area contributed by atoms with E-state index in [0.717, 1.165) is 12.1 Å². The zero-order valence-electron chi connectivity index (χ0n) is 10.7. The van der Waals surface area contributed by atoms with Crippen molar-refractivity contribution in [2.45, 2.75) is 43.6 Å². The predicted molar refractivity (Wildman–Crippen MR) is 64.6 cm³/mol. The van der Waals surface area contributed by atoms with Crippen LogP contribution in [0.1, 0.15) is 36.8 Å². The van der Waals surface area contributed by atoms with E-state index in [1.165, 1.54) is 13.2 Å². The summed E-state index contributed by atoms with van der Waals surface area (Å²) in [6, 6.07) is 5.28. The molecule has 1 N–H and O–H groups in total. The van der Waals surface area contributed by atoms with E-state index >= 15 is 0 Å². The number of hydrogen-bond donors (Lipinski definition) is 1. The van der Waals surface area contributed by atoms with E-state index in [1.807, 2.05) is 0 Å². The van der Waals surface area contributed by atoms with E-state index in [0.29, 0.717) is 31.2 Å². The van der Waals surface area contributed by atoms with Crippen LogP contribution in [0.15, 0.2) is 24.3 Å². The number of benzene rings is 1. The average molecular weight is 274 g/mol. The monoisotopic (exact) mass is 274 g/mol. The van der Waals surface area contributed by atoms with Crippen LogP contribution in [0.3, 0.4) is 0 Å². The van der Waals surface area contributed by atoms with Crippen LogP contribution in [0.25, 0.3) is 0 Å². The largest absolute Gasteiger partial charge is 0.416 e. The van der Waals surface area contributed by atoms with E-state index in [2.05, 4.69) is 0 Å². The van der Waals surface area contributed by atoms with Crippen molar-refractivity contribution in [3.8, 4) is 0 Å². The maximum Gasteiger partial charge on any atom is 0.416 e. The minimum atomic E-state index is -4.35. The lowest BCUT2D eigenvalue weighted by molar-refractivity contribution is -0.138. The van der Waals surface area contributed by atoms with Crippen molar-refractivity contribution in [3.05, 3.63) is 35.4 Å². The quantitative estimate of drug-likeness (QED) is 0.894. The summed E-state index contributed by atoms with van der Waals surface area (Å²) in [5.41, 5.74) is -0.829. The number of aliphatic hydroxyl groups excluding tert-OH is 1. The maximum atomic E-state index is 12.7. The first-order chi connectivity index (χ1) is 8.87. The van der Waals surface area contributed by atoms with E-state index < -0.39 is 17.3 Å². The molecule has 0 heterocycles. The molecule has 2 rings (SSSR count). The average Bonchev–Trinajstić information content (AvgIpc) is 2.39. The normalized spacial score (nSPS) is 28.4. The second kappa shape index (κ2) is 5.13. The summed E-state index contributed by atoms with van der Waals surface area (Å²) < 4.78 is 43.7. The number of aliphatic hydroxyl groups is 1. The Labute approximate surface area is 110 Å². The predicted octanol–water partition coefficient (Wildman–Crippen LogP) is 3.48. The van der Waals surface area contributed by atoms with Crippen LogP contribution in [0.2, 0.25) is 0 Å². The van der Waals surface area contributed by atoms with Gasteiger partial charge in [0.2, 0.25) is 0 Å². The lowest BCUT2D eigenvalue weighted by atomic mass is 9.78. The number of methoxy groups -OCH3 is 1. The maximum absolute atomic E-state index is 12.7. The standard InChI is InChI=1S/C14H17F3O2/c1-19-13(7-5-12(18)6-8-13)10-3-2-4-11(9-10)14(15,16)17/h2-4,9,12,18H,5-8H2,1H3. The summed E-state index contributed by atoms with van der Waals surface area (Å²) in [7, 11) is 1.51. The highest BCUT2D eigenvalue weighted by Crippen LogP contribution is 2.41. The van der Waals surface area contributed by atoms with Crippen molar-refractivity contribution in [2.24, 2.45) is 0 Å². The molecule has 0 radical (unpaired) electrons. The molecule has 0 saturated heterocycles. The Balaban J connectivity index is 2.34. The van der Waals surface area contributed by atoms with Crippen molar-refractivity contribution in [1.29, 1.82) is 0 Å². The van der Waals surface area contributed by atoms with Gasteiger partial charge in [-0.2, -0.15) is 13.2 Å². The van der Waals surface area contributed by atoms with E-state index in [-0.39, 0.29) is 6.10 Å². The number of alkyl halides is 3. The Morgan fingerprint density at radius 1 is 1.26 bits per heavy atom. The summed E-state index contributed by atoms with van der Waals surface area (Å²) in [6.45, 7) is 0. The SMILES string of the molecule is COC1(c2cccc(C(F)(F)F)c2)CCC(O)CC1. The summed E-state index contributed by atoms with van der Waals surface area (Å²) in [5.74, 6) is 0. The highest BCUT2D eigenvalue weighted by molar-refractivity contribution is 5.30. The number of rotatable bonds is 2. The Hall–Kier alpha value is -1.07. The Morgan fingerprint density at radius 2 is 1.89 bits per heavy atom. The molecular weight excluding hydrogens is 257 g/mol. The summed E-state index contributed by atoms with van der Waals surface area (Å²) in [6.07, 6.45) is -2.57. The summed E-state index contributed by atoms with van der Waals surface area (Å²) in [4.78, 5) is 0. The van der Waals surface area contributed by atoms with E-state index in [1.54, 1.807) is 6.07 Å². The van der Waals surface area contributed by atoms with Crippen LogP contribution >= 0.6 is 0 Å². The van der Waals surface area contributed by atoms with Gasteiger partial charge >= 0.3 is 6.18 Å². The molecule has 1 fully saturated rings. The molecule has 1 saturated carbocycles. The van der Waals surface area contributed by atoms with Crippen LogP contribution in [0.5, 0.6) is 0 Å². The van der Waals surface area contributed by atoms with Gasteiger partial charge in [0.25, 0.3) is 0 Å². The van der Waals surface area contributed by atoms with Gasteiger partial charge in [-0.1, -0.05) is 12.1 Å². The van der Waals surface area contributed by atoms with Crippen molar-refractivity contribution in [3.63, 3.8) is 0 Å². The molecule has 2 nitrogen and oxygen atoms in total. The molecule has 19 heavy (non-hydrogen) atoms. The zero-order valence-corrected chi connectivity index (χ0v) is 10.7. The van der Waals surface area contributed by atoms with Crippen molar-refractivity contribution in [1.82, 2.24) is 0 Å². The van der Waals surface area contributed by atoms with Gasteiger partial charge in [0.05, 0.1) is 17.3 Å². The fraction of sp³-hybridized carbons (Fsp3) is 0.571. The molecule has 106 valence electrons. The first kappa shape index (κ1) is 14.3. The molecule has 1 aromatic carbocycles. The molecule has 1 aliphatic rings. The second-order valence-corrected chi connectivity index (χ2v) is 5.01. The minimum absolute atomic E-state index is 0.380. The smallest absolute Gasteiger partial charge is 0.393 e. The number of hydrogen-bond acceptors (Lipinski definition) is 2. The molecular formula is C14H17F3O2. The highest BCUT2D eigenvalue weighted by Gasteiger charge is 2.38. The number of ether oxygens (including phenoxy) is 1. The number of halogens is 3. The van der Waals surface area contributed by atoms with Gasteiger partial charge in [0, 0.05) is 7.11 Å². The van der Waals surface area contributed by atoms with Crippen molar-refractivity contribution >= 4 is 0 Å². The summed E-state index contributed by atoms with van der Waals surface area (Å²) >= 11 is 0. The second-order valence-electron chi connectivity index (χ2n) is 5.01. The Bertz CT molecular complexity index is 435. The van der Waals surface area contributed by atoms with Crippen LogP contribution in [-0.2, 0) is 16.5 Å². The summed E-state index contributed by atoms with van der Waals surface area (Å²) in [5, 5.41) is 9.53. The van der Waals surface area contributed by atoms with Gasteiger partial charge in [-0.3, -0.25) is 0 Å². The van der Waals surface area contributed by atoms with Crippen LogP contribution in [-0.4, -0.2) is 18.3 Å². The van der Waals surface area contributed by atoms with Crippen molar-refractivity contribution < 1.29 is 23.0 Å². The third-order valence-electron chi connectivity index (χ3n) is 3.87. The Kier molecular flexibility index (Phi) is 3.87. The third-order valence-corrected chi connectivity index (χ3v) is 3.87. The first-order valence-electron chi connectivity index (χ1n) is 6.28.